The minimum atomic E-state index is 0.540. The van der Waals surface area contributed by atoms with Gasteiger partial charge >= 0.3 is 0 Å². The average Bonchev–Trinajstić information content (AvgIpc) is 2.75. The molecule has 1 unspecified atom stereocenters. The summed E-state index contributed by atoms with van der Waals surface area (Å²) in [7, 11) is 2.11. The predicted octanol–water partition coefficient (Wildman–Crippen LogP) is 0.946. The van der Waals surface area contributed by atoms with Crippen molar-refractivity contribution in [3.63, 3.8) is 0 Å². The molecule has 0 aromatic carbocycles. The molecule has 1 aliphatic heterocycles. The Kier molecular flexibility index (Phi) is 3.00. The van der Waals surface area contributed by atoms with Crippen LogP contribution in [0.2, 0.25) is 0 Å². The second-order valence-electron chi connectivity index (χ2n) is 3.61. The van der Waals surface area contributed by atoms with Gasteiger partial charge in [-0.2, -0.15) is 0 Å². The molecular weight excluding hydrogens is 198 g/mol. The van der Waals surface area contributed by atoms with E-state index in [9.17, 15) is 0 Å². The summed E-state index contributed by atoms with van der Waals surface area (Å²) in [4.78, 5) is 6.52. The zero-order valence-corrected chi connectivity index (χ0v) is 9.09. The number of likely N-dealkylation sites (N-methyl/N-ethyl adjacent to an activating group) is 1. The van der Waals surface area contributed by atoms with Gasteiger partial charge in [-0.15, -0.1) is 11.3 Å². The second-order valence-corrected chi connectivity index (χ2v) is 4.50. The van der Waals surface area contributed by atoms with E-state index in [4.69, 9.17) is 10.5 Å². The van der Waals surface area contributed by atoms with Crippen molar-refractivity contribution in [2.75, 3.05) is 26.0 Å². The highest BCUT2D eigenvalue weighted by molar-refractivity contribution is 7.13. The van der Waals surface area contributed by atoms with E-state index in [0.717, 1.165) is 31.9 Å². The van der Waals surface area contributed by atoms with E-state index in [1.807, 2.05) is 5.38 Å². The number of ether oxygens (including phenoxy) is 1. The zero-order chi connectivity index (χ0) is 9.97. The summed E-state index contributed by atoms with van der Waals surface area (Å²) in [6.07, 6.45) is 1.12. The maximum absolute atomic E-state index is 5.57. The lowest BCUT2D eigenvalue weighted by molar-refractivity contribution is 0.156. The Bertz CT molecular complexity index is 296. The van der Waals surface area contributed by atoms with Gasteiger partial charge in [0.15, 0.2) is 5.13 Å². The lowest BCUT2D eigenvalue weighted by Crippen LogP contribution is -2.31. The van der Waals surface area contributed by atoms with Crippen LogP contribution in [0.5, 0.6) is 0 Å². The molecule has 78 valence electrons. The maximum atomic E-state index is 5.57. The lowest BCUT2D eigenvalue weighted by Gasteiger charge is -2.21. The fourth-order valence-corrected chi connectivity index (χ4v) is 2.20. The number of nitrogens with zero attached hydrogens (tertiary/aromatic N) is 2. The van der Waals surface area contributed by atoms with Crippen LogP contribution < -0.4 is 5.73 Å². The Balaban J connectivity index is 1.90. The molecule has 0 saturated carbocycles. The molecule has 1 fully saturated rings. The summed E-state index contributed by atoms with van der Waals surface area (Å²) in [6.45, 7) is 2.59. The molecule has 1 saturated heterocycles. The van der Waals surface area contributed by atoms with Crippen LogP contribution in [0.1, 0.15) is 12.1 Å². The molecular formula is C9H15N3OS. The minimum Gasteiger partial charge on any atom is -0.380 e. The molecule has 4 nitrogen and oxygen atoms in total. The third-order valence-corrected chi connectivity index (χ3v) is 3.23. The molecule has 1 aromatic rings. The van der Waals surface area contributed by atoms with E-state index in [-0.39, 0.29) is 0 Å². The first kappa shape index (κ1) is 9.89. The number of hydrogen-bond donors (Lipinski definition) is 1. The third kappa shape index (κ3) is 2.23. The van der Waals surface area contributed by atoms with Crippen LogP contribution in [0.3, 0.4) is 0 Å². The van der Waals surface area contributed by atoms with Crippen molar-refractivity contribution < 1.29 is 4.74 Å². The largest absolute Gasteiger partial charge is 0.380 e. The van der Waals surface area contributed by atoms with E-state index in [1.165, 1.54) is 11.3 Å². The Labute approximate surface area is 87.7 Å². The van der Waals surface area contributed by atoms with E-state index in [1.54, 1.807) is 0 Å². The molecule has 5 heteroatoms. The molecule has 2 heterocycles. The van der Waals surface area contributed by atoms with E-state index in [0.29, 0.717) is 11.2 Å². The van der Waals surface area contributed by atoms with Crippen molar-refractivity contribution in [3.8, 4) is 0 Å². The van der Waals surface area contributed by atoms with Gasteiger partial charge < -0.3 is 10.5 Å². The van der Waals surface area contributed by atoms with E-state index in [2.05, 4.69) is 16.9 Å². The van der Waals surface area contributed by atoms with Crippen molar-refractivity contribution >= 4 is 16.5 Å². The zero-order valence-electron chi connectivity index (χ0n) is 8.27. The van der Waals surface area contributed by atoms with Crippen LogP contribution in [0.25, 0.3) is 0 Å². The predicted molar refractivity (Wildman–Crippen MR) is 57.2 cm³/mol. The summed E-state index contributed by atoms with van der Waals surface area (Å²) >= 11 is 1.50. The van der Waals surface area contributed by atoms with Crippen LogP contribution in [0, 0.1) is 0 Å². The first-order valence-electron chi connectivity index (χ1n) is 4.73. The van der Waals surface area contributed by atoms with Gasteiger partial charge in [-0.1, -0.05) is 0 Å². The van der Waals surface area contributed by atoms with Crippen LogP contribution in [0.4, 0.5) is 5.13 Å². The number of nitrogen functional groups attached to an aromatic ring is 1. The summed E-state index contributed by atoms with van der Waals surface area (Å²) in [5.41, 5.74) is 6.63. The maximum Gasteiger partial charge on any atom is 0.180 e. The van der Waals surface area contributed by atoms with Gasteiger partial charge in [-0.3, -0.25) is 4.90 Å². The number of anilines is 1. The number of aromatic nitrogens is 1. The number of rotatable bonds is 3. The highest BCUT2D eigenvalue weighted by atomic mass is 32.1. The van der Waals surface area contributed by atoms with Crippen molar-refractivity contribution in [1.29, 1.82) is 0 Å². The summed E-state index contributed by atoms with van der Waals surface area (Å²) in [5, 5.41) is 2.66. The molecule has 14 heavy (non-hydrogen) atoms. The van der Waals surface area contributed by atoms with Gasteiger partial charge in [0, 0.05) is 24.6 Å². The fraction of sp³-hybridized carbons (Fsp3) is 0.667. The molecule has 0 aliphatic carbocycles. The molecule has 0 radical (unpaired) electrons. The highest BCUT2D eigenvalue weighted by Gasteiger charge is 2.20. The molecule has 1 aliphatic rings. The van der Waals surface area contributed by atoms with E-state index >= 15 is 0 Å². The first-order chi connectivity index (χ1) is 6.75. The Hall–Kier alpha value is -0.650. The smallest absolute Gasteiger partial charge is 0.180 e. The van der Waals surface area contributed by atoms with Crippen LogP contribution >= 0.6 is 11.3 Å². The molecule has 0 bridgehead atoms. The molecule has 1 atom stereocenters. The average molecular weight is 213 g/mol. The van der Waals surface area contributed by atoms with Gasteiger partial charge in [0.1, 0.15) is 0 Å². The molecule has 1 aromatic heterocycles. The third-order valence-electron chi connectivity index (χ3n) is 2.51. The Morgan fingerprint density at radius 3 is 3.21 bits per heavy atom. The summed E-state index contributed by atoms with van der Waals surface area (Å²) in [5.74, 6) is 0. The van der Waals surface area contributed by atoms with Crippen molar-refractivity contribution in [2.45, 2.75) is 19.0 Å². The number of hydrogen-bond acceptors (Lipinski definition) is 5. The summed E-state index contributed by atoms with van der Waals surface area (Å²) < 4.78 is 5.34. The number of nitrogens with two attached hydrogens (primary N) is 1. The number of thiazole rings is 1. The summed E-state index contributed by atoms with van der Waals surface area (Å²) in [6, 6.07) is 0.540. The van der Waals surface area contributed by atoms with E-state index < -0.39 is 0 Å². The lowest BCUT2D eigenvalue weighted by atomic mass is 10.2. The van der Waals surface area contributed by atoms with Crippen LogP contribution in [0.15, 0.2) is 5.38 Å². The minimum absolute atomic E-state index is 0.540. The van der Waals surface area contributed by atoms with Gasteiger partial charge in [0.2, 0.25) is 0 Å². The van der Waals surface area contributed by atoms with Gasteiger partial charge in [-0.25, -0.2) is 4.98 Å². The topological polar surface area (TPSA) is 51.4 Å². The Morgan fingerprint density at radius 2 is 2.64 bits per heavy atom. The van der Waals surface area contributed by atoms with Gasteiger partial charge in [0.05, 0.1) is 12.3 Å². The molecule has 2 N–H and O–H groups in total. The molecule has 0 spiro atoms. The molecule has 2 rings (SSSR count). The van der Waals surface area contributed by atoms with Crippen molar-refractivity contribution in [1.82, 2.24) is 9.88 Å². The van der Waals surface area contributed by atoms with Gasteiger partial charge in [0.25, 0.3) is 0 Å². The SMILES string of the molecule is CN(Cc1csc(N)n1)C1CCOC1. The standard InChI is InChI=1S/C9H15N3OS/c1-12(8-2-3-13-5-8)4-7-6-14-9(10)11-7/h6,8H,2-5H2,1H3,(H2,10,11). The normalized spacial score (nSPS) is 22.0. The monoisotopic (exact) mass is 213 g/mol. The van der Waals surface area contributed by atoms with Crippen LogP contribution in [-0.2, 0) is 11.3 Å². The first-order valence-corrected chi connectivity index (χ1v) is 5.61. The second kappa shape index (κ2) is 4.25. The fourth-order valence-electron chi connectivity index (χ4n) is 1.65. The van der Waals surface area contributed by atoms with Crippen molar-refractivity contribution in [3.05, 3.63) is 11.1 Å². The quantitative estimate of drug-likeness (QED) is 0.812. The Morgan fingerprint density at radius 1 is 1.79 bits per heavy atom. The molecule has 0 amide bonds. The van der Waals surface area contributed by atoms with Crippen LogP contribution in [-0.4, -0.2) is 36.2 Å². The highest BCUT2D eigenvalue weighted by Crippen LogP contribution is 2.16. The van der Waals surface area contributed by atoms with Gasteiger partial charge in [-0.05, 0) is 13.5 Å². The van der Waals surface area contributed by atoms with Crippen molar-refractivity contribution in [2.24, 2.45) is 0 Å².